The van der Waals surface area contributed by atoms with E-state index in [9.17, 15) is 24.3 Å². The van der Waals surface area contributed by atoms with Crippen LogP contribution in [0.15, 0.2) is 43.0 Å². The fourth-order valence-corrected chi connectivity index (χ4v) is 5.20. The Kier molecular flexibility index (Phi) is 9.20. The Morgan fingerprint density at radius 3 is 2.60 bits per heavy atom. The molecule has 1 fully saturated rings. The van der Waals surface area contributed by atoms with Gasteiger partial charge in [-0.15, -0.1) is 0 Å². The van der Waals surface area contributed by atoms with Crippen LogP contribution in [0, 0.1) is 5.92 Å². The molecule has 12 heteroatoms. The van der Waals surface area contributed by atoms with Gasteiger partial charge in [-0.05, 0) is 36.8 Å². The molecule has 0 radical (unpaired) electrons. The van der Waals surface area contributed by atoms with Crippen LogP contribution in [0.4, 0.5) is 0 Å². The third-order valence-corrected chi connectivity index (χ3v) is 7.20. The molecule has 0 spiro atoms. The Labute approximate surface area is 232 Å². The van der Waals surface area contributed by atoms with Crippen LogP contribution >= 0.6 is 0 Å². The van der Waals surface area contributed by atoms with Crippen molar-refractivity contribution >= 4 is 34.6 Å². The highest BCUT2D eigenvalue weighted by atomic mass is 16.4. The summed E-state index contributed by atoms with van der Waals surface area (Å²) in [6.45, 7) is 4.12. The summed E-state index contributed by atoms with van der Waals surface area (Å²) < 4.78 is 0. The number of aromatic nitrogens is 3. The number of para-hydroxylation sites is 1. The second-order valence-electron chi connectivity index (χ2n) is 10.7. The summed E-state index contributed by atoms with van der Waals surface area (Å²) in [5.41, 5.74) is 8.56. The number of likely N-dealkylation sites (tertiary alicyclic amines) is 1. The van der Waals surface area contributed by atoms with Crippen LogP contribution in [0.2, 0.25) is 0 Å². The Morgan fingerprint density at radius 2 is 1.90 bits per heavy atom. The number of H-pyrrole nitrogens is 2. The van der Waals surface area contributed by atoms with Crippen molar-refractivity contribution < 1.29 is 24.3 Å². The summed E-state index contributed by atoms with van der Waals surface area (Å²) in [4.78, 5) is 63.5. The van der Waals surface area contributed by atoms with Crippen LogP contribution in [0.25, 0.3) is 10.9 Å². The molecule has 4 unspecified atom stereocenters. The smallest absolute Gasteiger partial charge is 0.326 e. The fourth-order valence-electron chi connectivity index (χ4n) is 5.20. The highest BCUT2D eigenvalue weighted by Crippen LogP contribution is 2.22. The summed E-state index contributed by atoms with van der Waals surface area (Å²) in [6.07, 6.45) is 6.56. The summed E-state index contributed by atoms with van der Waals surface area (Å²) in [7, 11) is 0. The maximum atomic E-state index is 13.5. The zero-order chi connectivity index (χ0) is 28.8. The molecule has 1 saturated heterocycles. The predicted molar refractivity (Wildman–Crippen MR) is 148 cm³/mol. The first kappa shape index (κ1) is 28.8. The number of rotatable bonds is 12. The number of aromatic amines is 2. The lowest BCUT2D eigenvalue weighted by Gasteiger charge is -2.28. The Hall–Kier alpha value is -4.19. The summed E-state index contributed by atoms with van der Waals surface area (Å²) in [6, 6.07) is 3.79. The van der Waals surface area contributed by atoms with Gasteiger partial charge < -0.3 is 36.3 Å². The normalized spacial score (nSPS) is 17.5. The van der Waals surface area contributed by atoms with E-state index < -0.39 is 42.0 Å². The maximum absolute atomic E-state index is 13.5. The third-order valence-electron chi connectivity index (χ3n) is 7.20. The molecule has 1 aliphatic rings. The first-order valence-corrected chi connectivity index (χ1v) is 13.6. The SMILES string of the molecule is CC(C)CC(NC(=O)C(Cc1c[nH]c2ccccc12)NC(=O)C1CCCN1C(=O)C(N)Cc1cnc[nH]1)C(=O)O. The van der Waals surface area contributed by atoms with E-state index in [-0.39, 0.29) is 31.1 Å². The number of aliphatic carboxylic acids is 1. The molecule has 7 N–H and O–H groups in total. The lowest BCUT2D eigenvalue weighted by Crippen LogP contribution is -2.57. The molecule has 3 aromatic rings. The van der Waals surface area contributed by atoms with Gasteiger partial charge in [0.15, 0.2) is 0 Å². The van der Waals surface area contributed by atoms with Gasteiger partial charge in [0, 0.05) is 48.4 Å². The highest BCUT2D eigenvalue weighted by molar-refractivity contribution is 5.95. The van der Waals surface area contributed by atoms with E-state index in [4.69, 9.17) is 5.73 Å². The Balaban J connectivity index is 1.52. The minimum atomic E-state index is -1.14. The van der Waals surface area contributed by atoms with Crippen molar-refractivity contribution in [1.82, 2.24) is 30.5 Å². The van der Waals surface area contributed by atoms with Crippen molar-refractivity contribution in [2.45, 2.75) is 70.1 Å². The van der Waals surface area contributed by atoms with Gasteiger partial charge in [0.1, 0.15) is 18.1 Å². The molecule has 0 saturated carbocycles. The molecule has 1 aliphatic heterocycles. The van der Waals surface area contributed by atoms with Gasteiger partial charge in [0.2, 0.25) is 17.7 Å². The predicted octanol–water partition coefficient (Wildman–Crippen LogP) is 1.09. The number of carboxylic acid groups (broad SMARTS) is 1. The van der Waals surface area contributed by atoms with E-state index >= 15 is 0 Å². The van der Waals surface area contributed by atoms with Crippen LogP contribution in [-0.4, -0.2) is 79.4 Å². The second kappa shape index (κ2) is 12.8. The molecule has 4 rings (SSSR count). The Morgan fingerprint density at radius 1 is 1.12 bits per heavy atom. The first-order valence-electron chi connectivity index (χ1n) is 13.6. The number of carbonyl (C=O) groups excluding carboxylic acids is 3. The fraction of sp³-hybridized carbons (Fsp3) is 0.464. The highest BCUT2D eigenvalue weighted by Gasteiger charge is 2.38. The van der Waals surface area contributed by atoms with Gasteiger partial charge in [-0.3, -0.25) is 14.4 Å². The number of amides is 3. The quantitative estimate of drug-likeness (QED) is 0.194. The topological polar surface area (TPSA) is 186 Å². The molecule has 12 nitrogen and oxygen atoms in total. The molecule has 1 aromatic carbocycles. The number of nitrogens with two attached hydrogens (primary N) is 1. The summed E-state index contributed by atoms with van der Waals surface area (Å²) in [5.74, 6) is -2.54. The van der Waals surface area contributed by atoms with Gasteiger partial charge >= 0.3 is 5.97 Å². The summed E-state index contributed by atoms with van der Waals surface area (Å²) in [5, 5.41) is 16.0. The molecule has 0 aliphatic carbocycles. The van der Waals surface area contributed by atoms with Crippen molar-refractivity contribution in [3.05, 3.63) is 54.2 Å². The summed E-state index contributed by atoms with van der Waals surface area (Å²) >= 11 is 0. The minimum absolute atomic E-state index is 0.0343. The standard InChI is InChI=1S/C28H37N7O5/c1-16(2)10-23(28(39)40)34-25(36)22(11-17-13-31-21-7-4-3-6-19(17)21)33-26(37)24-8-5-9-35(24)27(38)20(29)12-18-14-30-15-32-18/h3-4,6-7,13-16,20,22-24,31H,5,8-12,29H2,1-2H3,(H,30,32)(H,33,37)(H,34,36)(H,39,40). The van der Waals surface area contributed by atoms with Crippen molar-refractivity contribution in [3.63, 3.8) is 0 Å². The number of fused-ring (bicyclic) bond motifs is 1. The van der Waals surface area contributed by atoms with Crippen LogP contribution < -0.4 is 16.4 Å². The number of imidazole rings is 1. The molecule has 214 valence electrons. The van der Waals surface area contributed by atoms with Crippen molar-refractivity contribution in [1.29, 1.82) is 0 Å². The molecular weight excluding hydrogens is 514 g/mol. The lowest BCUT2D eigenvalue weighted by molar-refractivity contribution is -0.143. The van der Waals surface area contributed by atoms with Gasteiger partial charge in [-0.1, -0.05) is 32.0 Å². The van der Waals surface area contributed by atoms with E-state index in [1.54, 1.807) is 12.4 Å². The molecule has 3 heterocycles. The van der Waals surface area contributed by atoms with Crippen LogP contribution in [-0.2, 0) is 32.0 Å². The van der Waals surface area contributed by atoms with Crippen LogP contribution in [0.5, 0.6) is 0 Å². The average Bonchev–Trinajstić information content (AvgIpc) is 3.68. The number of nitrogens with zero attached hydrogens (tertiary/aromatic N) is 2. The monoisotopic (exact) mass is 551 g/mol. The van der Waals surface area contributed by atoms with Gasteiger partial charge in [-0.2, -0.15) is 0 Å². The molecule has 3 amide bonds. The number of hydrogen-bond donors (Lipinski definition) is 6. The molecule has 0 bridgehead atoms. The third kappa shape index (κ3) is 6.87. The van der Waals surface area contributed by atoms with Crippen LogP contribution in [0.1, 0.15) is 44.4 Å². The van der Waals surface area contributed by atoms with E-state index in [0.29, 0.717) is 25.1 Å². The van der Waals surface area contributed by atoms with E-state index in [1.165, 1.54) is 11.2 Å². The number of nitrogens with one attached hydrogen (secondary N) is 4. The molecular formula is C28H37N7O5. The average molecular weight is 552 g/mol. The molecule has 40 heavy (non-hydrogen) atoms. The Bertz CT molecular complexity index is 1340. The lowest BCUT2D eigenvalue weighted by atomic mass is 10.0. The minimum Gasteiger partial charge on any atom is -0.480 e. The first-order chi connectivity index (χ1) is 19.1. The zero-order valence-corrected chi connectivity index (χ0v) is 22.7. The largest absolute Gasteiger partial charge is 0.480 e. The van der Waals surface area contributed by atoms with E-state index in [2.05, 4.69) is 25.6 Å². The van der Waals surface area contributed by atoms with Gasteiger partial charge in [0.05, 0.1) is 12.4 Å². The number of carbonyl (C=O) groups is 4. The van der Waals surface area contributed by atoms with Crippen molar-refractivity contribution in [2.24, 2.45) is 11.7 Å². The number of benzene rings is 1. The van der Waals surface area contributed by atoms with Gasteiger partial charge in [0.25, 0.3) is 0 Å². The molecule has 4 atom stereocenters. The van der Waals surface area contributed by atoms with Crippen molar-refractivity contribution in [2.75, 3.05) is 6.54 Å². The second-order valence-corrected chi connectivity index (χ2v) is 10.7. The van der Waals surface area contributed by atoms with E-state index in [1.807, 2.05) is 38.1 Å². The van der Waals surface area contributed by atoms with E-state index in [0.717, 1.165) is 16.5 Å². The number of hydrogen-bond acceptors (Lipinski definition) is 6. The molecule has 2 aromatic heterocycles. The number of carboxylic acids is 1. The van der Waals surface area contributed by atoms with Crippen molar-refractivity contribution in [3.8, 4) is 0 Å². The maximum Gasteiger partial charge on any atom is 0.326 e. The van der Waals surface area contributed by atoms with Gasteiger partial charge in [-0.25, -0.2) is 9.78 Å². The zero-order valence-electron chi connectivity index (χ0n) is 22.7. The van der Waals surface area contributed by atoms with Crippen LogP contribution in [0.3, 0.4) is 0 Å².